The van der Waals surface area contributed by atoms with Gasteiger partial charge < -0.3 is 15.2 Å². The third-order valence-corrected chi connectivity index (χ3v) is 7.25. The average molecular weight is 397 g/mol. The fourth-order valence-electron chi connectivity index (χ4n) is 3.69. The molecule has 3 rings (SSSR count). The third-order valence-electron chi connectivity index (χ3n) is 5.35. The Kier molecular flexibility index (Phi) is 5.79. The smallest absolute Gasteiger partial charge is 0.234 e. The number of nitrogens with zero attached hydrogens (tertiary/aromatic N) is 1. The van der Waals surface area contributed by atoms with Crippen LogP contribution in [-0.4, -0.2) is 73.2 Å². The van der Waals surface area contributed by atoms with Gasteiger partial charge in [-0.05, 0) is 38.3 Å². The summed E-state index contributed by atoms with van der Waals surface area (Å²) in [6, 6.07) is 9.39. The molecular formula is C19H28N2O5S. The normalized spacial score (nSPS) is 27.2. The van der Waals surface area contributed by atoms with Gasteiger partial charge in [-0.3, -0.25) is 9.69 Å². The molecule has 150 valence electrons. The lowest BCUT2D eigenvalue weighted by molar-refractivity contribution is -0.125. The summed E-state index contributed by atoms with van der Waals surface area (Å²) in [4.78, 5) is 14.3. The van der Waals surface area contributed by atoms with Crippen molar-refractivity contribution in [3.05, 3.63) is 30.3 Å². The number of benzene rings is 1. The number of nitrogens with one attached hydrogen (secondary N) is 1. The van der Waals surface area contributed by atoms with Gasteiger partial charge in [0.2, 0.25) is 5.91 Å². The molecule has 2 heterocycles. The van der Waals surface area contributed by atoms with E-state index in [1.807, 2.05) is 35.2 Å². The molecule has 0 aromatic heterocycles. The molecule has 8 heteroatoms. The lowest BCUT2D eigenvalue weighted by Gasteiger charge is -2.38. The number of hydrogen-bond donors (Lipinski definition) is 2. The predicted octanol–water partition coefficient (Wildman–Crippen LogP) is 0.586. The van der Waals surface area contributed by atoms with Gasteiger partial charge in [0.25, 0.3) is 0 Å². The summed E-state index contributed by atoms with van der Waals surface area (Å²) in [6.07, 6.45) is 1.51. The van der Waals surface area contributed by atoms with Crippen LogP contribution in [0.15, 0.2) is 30.3 Å². The number of carbonyl (C=O) groups is 1. The largest absolute Gasteiger partial charge is 0.491 e. The molecule has 2 saturated heterocycles. The highest BCUT2D eigenvalue weighted by molar-refractivity contribution is 7.91. The average Bonchev–Trinajstić information content (AvgIpc) is 2.89. The van der Waals surface area contributed by atoms with Crippen LogP contribution in [0.3, 0.4) is 0 Å². The standard InChI is InChI=1S/C19H28N2O5S/c1-18(9-12-27(24,25)15-18)20-17(22)13-21-10-7-19(23,8-11-21)14-26-16-5-3-2-4-6-16/h2-6,23H,7-15H2,1H3,(H,20,22). The van der Waals surface area contributed by atoms with Crippen molar-refractivity contribution in [2.24, 2.45) is 0 Å². The maximum Gasteiger partial charge on any atom is 0.234 e. The van der Waals surface area contributed by atoms with E-state index in [1.165, 1.54) is 0 Å². The molecule has 0 aliphatic carbocycles. The van der Waals surface area contributed by atoms with Gasteiger partial charge in [0.15, 0.2) is 9.84 Å². The van der Waals surface area contributed by atoms with E-state index in [9.17, 15) is 18.3 Å². The Morgan fingerprint density at radius 3 is 2.48 bits per heavy atom. The highest BCUT2D eigenvalue weighted by Crippen LogP contribution is 2.25. The van der Waals surface area contributed by atoms with Crippen LogP contribution in [0, 0.1) is 0 Å². The zero-order valence-electron chi connectivity index (χ0n) is 15.7. The SMILES string of the molecule is CC1(NC(=O)CN2CCC(O)(COc3ccccc3)CC2)CCS(=O)(=O)C1. The molecule has 1 unspecified atom stereocenters. The number of likely N-dealkylation sites (tertiary alicyclic amines) is 1. The van der Waals surface area contributed by atoms with Crippen LogP contribution in [0.5, 0.6) is 5.75 Å². The fourth-order valence-corrected chi connectivity index (χ4v) is 5.79. The molecule has 2 aliphatic rings. The summed E-state index contributed by atoms with van der Waals surface area (Å²) < 4.78 is 29.0. The van der Waals surface area contributed by atoms with Crippen LogP contribution in [0.4, 0.5) is 0 Å². The predicted molar refractivity (Wildman–Crippen MR) is 102 cm³/mol. The van der Waals surface area contributed by atoms with Gasteiger partial charge >= 0.3 is 0 Å². The second-order valence-electron chi connectivity index (χ2n) is 8.05. The van der Waals surface area contributed by atoms with Crippen molar-refractivity contribution < 1.29 is 23.1 Å². The van der Waals surface area contributed by atoms with E-state index < -0.39 is 21.0 Å². The Balaban J connectivity index is 1.43. The number of piperidine rings is 1. The molecule has 0 saturated carbocycles. The van der Waals surface area contributed by atoms with Gasteiger partial charge in [0, 0.05) is 13.1 Å². The van der Waals surface area contributed by atoms with Crippen LogP contribution in [0.1, 0.15) is 26.2 Å². The summed E-state index contributed by atoms with van der Waals surface area (Å²) in [5.41, 5.74) is -1.57. The van der Waals surface area contributed by atoms with Gasteiger partial charge in [-0.15, -0.1) is 0 Å². The van der Waals surface area contributed by atoms with Gasteiger partial charge in [-0.25, -0.2) is 8.42 Å². The number of aliphatic hydroxyl groups is 1. The lowest BCUT2D eigenvalue weighted by atomic mass is 9.92. The number of carbonyl (C=O) groups excluding carboxylic acids is 1. The lowest BCUT2D eigenvalue weighted by Crippen LogP contribution is -2.53. The van der Waals surface area contributed by atoms with Crippen LogP contribution < -0.4 is 10.1 Å². The molecule has 2 aliphatic heterocycles. The summed E-state index contributed by atoms with van der Waals surface area (Å²) in [7, 11) is -3.05. The molecule has 0 bridgehead atoms. The molecule has 0 radical (unpaired) electrons. The van der Waals surface area contributed by atoms with E-state index in [4.69, 9.17) is 4.74 Å². The summed E-state index contributed by atoms with van der Waals surface area (Å²) in [5, 5.41) is 13.6. The Labute approximate surface area is 160 Å². The quantitative estimate of drug-likeness (QED) is 0.731. The first-order valence-corrected chi connectivity index (χ1v) is 11.1. The van der Waals surface area contributed by atoms with E-state index in [0.29, 0.717) is 32.4 Å². The molecule has 7 nitrogen and oxygen atoms in total. The Bertz CT molecular complexity index is 760. The Hall–Kier alpha value is -1.64. The van der Waals surface area contributed by atoms with Crippen LogP contribution in [0.25, 0.3) is 0 Å². The minimum atomic E-state index is -3.05. The monoisotopic (exact) mass is 396 g/mol. The number of sulfone groups is 1. The van der Waals surface area contributed by atoms with Gasteiger partial charge in [-0.2, -0.15) is 0 Å². The number of ether oxygens (including phenoxy) is 1. The van der Waals surface area contributed by atoms with E-state index in [1.54, 1.807) is 6.92 Å². The molecular weight excluding hydrogens is 368 g/mol. The molecule has 2 fully saturated rings. The van der Waals surface area contributed by atoms with Crippen molar-refractivity contribution in [2.75, 3.05) is 37.7 Å². The highest BCUT2D eigenvalue weighted by Gasteiger charge is 2.40. The van der Waals surface area contributed by atoms with Crippen molar-refractivity contribution in [2.45, 2.75) is 37.3 Å². The van der Waals surface area contributed by atoms with E-state index >= 15 is 0 Å². The second-order valence-corrected chi connectivity index (χ2v) is 10.2. The molecule has 1 aromatic rings. The van der Waals surface area contributed by atoms with E-state index in [0.717, 1.165) is 5.75 Å². The van der Waals surface area contributed by atoms with Crippen molar-refractivity contribution in [1.29, 1.82) is 0 Å². The fraction of sp³-hybridized carbons (Fsp3) is 0.632. The second kappa shape index (κ2) is 7.77. The van der Waals surface area contributed by atoms with Crippen LogP contribution in [0.2, 0.25) is 0 Å². The zero-order chi connectivity index (χ0) is 19.5. The molecule has 27 heavy (non-hydrogen) atoms. The molecule has 2 N–H and O–H groups in total. The maximum absolute atomic E-state index is 12.3. The number of hydrogen-bond acceptors (Lipinski definition) is 6. The minimum Gasteiger partial charge on any atom is -0.491 e. The van der Waals surface area contributed by atoms with E-state index in [2.05, 4.69) is 5.32 Å². The Morgan fingerprint density at radius 2 is 1.89 bits per heavy atom. The topological polar surface area (TPSA) is 95.9 Å². The minimum absolute atomic E-state index is 0.00230. The van der Waals surface area contributed by atoms with Gasteiger partial charge in [-0.1, -0.05) is 18.2 Å². The third kappa shape index (κ3) is 5.67. The molecule has 0 spiro atoms. The summed E-state index contributed by atoms with van der Waals surface area (Å²) >= 11 is 0. The maximum atomic E-state index is 12.3. The number of para-hydroxylation sites is 1. The zero-order valence-corrected chi connectivity index (χ0v) is 16.5. The first kappa shape index (κ1) is 20.1. The number of rotatable bonds is 6. The van der Waals surface area contributed by atoms with Crippen molar-refractivity contribution in [1.82, 2.24) is 10.2 Å². The highest BCUT2D eigenvalue weighted by atomic mass is 32.2. The summed E-state index contributed by atoms with van der Waals surface area (Å²) in [5.74, 6) is 0.692. The summed E-state index contributed by atoms with van der Waals surface area (Å²) in [6.45, 7) is 3.41. The molecule has 1 atom stereocenters. The molecule has 1 amide bonds. The number of amides is 1. The van der Waals surface area contributed by atoms with Crippen LogP contribution >= 0.6 is 0 Å². The first-order valence-electron chi connectivity index (χ1n) is 9.31. The first-order chi connectivity index (χ1) is 12.7. The Morgan fingerprint density at radius 1 is 1.22 bits per heavy atom. The molecule has 1 aromatic carbocycles. The van der Waals surface area contributed by atoms with Crippen molar-refractivity contribution >= 4 is 15.7 Å². The van der Waals surface area contributed by atoms with E-state index in [-0.39, 0.29) is 30.6 Å². The van der Waals surface area contributed by atoms with Crippen molar-refractivity contribution in [3.63, 3.8) is 0 Å². The van der Waals surface area contributed by atoms with Gasteiger partial charge in [0.1, 0.15) is 18.0 Å². The van der Waals surface area contributed by atoms with Crippen molar-refractivity contribution in [3.8, 4) is 5.75 Å². The van der Waals surface area contributed by atoms with Crippen LogP contribution in [-0.2, 0) is 14.6 Å². The van der Waals surface area contributed by atoms with Gasteiger partial charge in [0.05, 0.1) is 23.6 Å².